The van der Waals surface area contributed by atoms with E-state index in [0.29, 0.717) is 17.0 Å². The zero-order valence-corrected chi connectivity index (χ0v) is 19.6. The summed E-state index contributed by atoms with van der Waals surface area (Å²) >= 11 is 0. The first-order valence-corrected chi connectivity index (χ1v) is 11.2. The second-order valence-electron chi connectivity index (χ2n) is 8.19. The zero-order chi connectivity index (χ0) is 23.0. The molecule has 0 spiro atoms. The Morgan fingerprint density at radius 3 is 2.74 bits per heavy atom. The van der Waals surface area contributed by atoms with E-state index < -0.39 is 0 Å². The standard InChI is InChI=1S/C26H36FN3O/c1-7-22(8-2)29(6)25(17-20(4)23-14-13-19(3)16-24(23)27)28-18-26(31)30-15-11-9-10-12-21(30)5/h7,13-14,16-18,21H,4,8-12,15H2,1-3,5-6H3/b22-7-,25-17-,28-18?. The van der Waals surface area contributed by atoms with Crippen LogP contribution in [-0.4, -0.2) is 41.6 Å². The molecule has 1 heterocycles. The topological polar surface area (TPSA) is 35.9 Å². The number of rotatable bonds is 7. The van der Waals surface area contributed by atoms with Gasteiger partial charge in [0.15, 0.2) is 0 Å². The summed E-state index contributed by atoms with van der Waals surface area (Å²) < 4.78 is 14.5. The van der Waals surface area contributed by atoms with Crippen LogP contribution in [0, 0.1) is 12.7 Å². The smallest absolute Gasteiger partial charge is 0.265 e. The fourth-order valence-electron chi connectivity index (χ4n) is 3.91. The SMILES string of the molecule is C=C(/C=C(/N=CC(=O)N1CCCCCC1C)N(C)/C(=C\C)CC)c1ccc(C)cc1F. The van der Waals surface area contributed by atoms with Crippen LogP contribution in [0.2, 0.25) is 0 Å². The highest BCUT2D eigenvalue weighted by Gasteiger charge is 2.21. The van der Waals surface area contributed by atoms with Crippen LogP contribution in [0.4, 0.5) is 4.39 Å². The van der Waals surface area contributed by atoms with Crippen LogP contribution in [0.5, 0.6) is 0 Å². The Morgan fingerprint density at radius 1 is 1.35 bits per heavy atom. The minimum absolute atomic E-state index is 0.0839. The lowest BCUT2D eigenvalue weighted by Crippen LogP contribution is -2.39. The first-order valence-electron chi connectivity index (χ1n) is 11.2. The Labute approximate surface area is 186 Å². The van der Waals surface area contributed by atoms with Crippen molar-refractivity contribution in [3.8, 4) is 0 Å². The summed E-state index contributed by atoms with van der Waals surface area (Å²) in [6, 6.07) is 5.29. The third-order valence-corrected chi connectivity index (χ3v) is 5.89. The van der Waals surface area contributed by atoms with Crippen molar-refractivity contribution in [2.45, 2.75) is 65.8 Å². The van der Waals surface area contributed by atoms with Crippen LogP contribution in [0.3, 0.4) is 0 Å². The van der Waals surface area contributed by atoms with Gasteiger partial charge in [-0.25, -0.2) is 9.38 Å². The molecule has 0 N–H and O–H groups in total. The molecule has 1 saturated heterocycles. The van der Waals surface area contributed by atoms with E-state index in [1.54, 1.807) is 12.1 Å². The van der Waals surface area contributed by atoms with Crippen LogP contribution in [0.25, 0.3) is 5.57 Å². The van der Waals surface area contributed by atoms with E-state index in [2.05, 4.69) is 25.4 Å². The second-order valence-corrected chi connectivity index (χ2v) is 8.19. The molecule has 1 unspecified atom stereocenters. The average Bonchev–Trinajstić information content (AvgIpc) is 2.95. The molecule has 4 nitrogen and oxygen atoms in total. The van der Waals surface area contributed by atoms with Crippen LogP contribution < -0.4 is 0 Å². The van der Waals surface area contributed by atoms with Crippen molar-refractivity contribution in [3.63, 3.8) is 0 Å². The maximum Gasteiger partial charge on any atom is 0.265 e. The largest absolute Gasteiger partial charge is 0.335 e. The third-order valence-electron chi connectivity index (χ3n) is 5.89. The first-order chi connectivity index (χ1) is 14.8. The van der Waals surface area contributed by atoms with Gasteiger partial charge < -0.3 is 9.80 Å². The molecule has 5 heteroatoms. The monoisotopic (exact) mass is 425 g/mol. The van der Waals surface area contributed by atoms with Crippen LogP contribution in [0.15, 0.2) is 53.4 Å². The van der Waals surface area contributed by atoms with Crippen LogP contribution >= 0.6 is 0 Å². The Bertz CT molecular complexity index is 885. The number of carbonyl (C=O) groups excluding carboxylic acids is 1. The molecule has 1 amide bonds. The number of carbonyl (C=O) groups is 1. The summed E-state index contributed by atoms with van der Waals surface area (Å²) in [5.74, 6) is 0.151. The van der Waals surface area contributed by atoms with Crippen molar-refractivity contribution < 1.29 is 9.18 Å². The molecule has 2 rings (SSSR count). The molecule has 0 aliphatic carbocycles. The molecule has 0 bridgehead atoms. The van der Waals surface area contributed by atoms with Gasteiger partial charge in [0.05, 0.1) is 6.21 Å². The van der Waals surface area contributed by atoms with Gasteiger partial charge >= 0.3 is 0 Å². The van der Waals surface area contributed by atoms with Gasteiger partial charge in [0.1, 0.15) is 11.6 Å². The number of aliphatic imine (C=N–C) groups is 1. The molecule has 1 aromatic rings. The maximum absolute atomic E-state index is 14.5. The van der Waals surface area contributed by atoms with Crippen molar-refractivity contribution in [3.05, 3.63) is 65.4 Å². The molecule has 168 valence electrons. The number of hydrogen-bond donors (Lipinski definition) is 0. The molecule has 0 saturated carbocycles. The quantitative estimate of drug-likeness (QED) is 0.391. The van der Waals surface area contributed by atoms with Crippen molar-refractivity contribution in [1.29, 1.82) is 0 Å². The van der Waals surface area contributed by atoms with Gasteiger partial charge in [-0.2, -0.15) is 0 Å². The predicted molar refractivity (Wildman–Crippen MR) is 128 cm³/mol. The van der Waals surface area contributed by atoms with E-state index in [1.165, 1.54) is 12.3 Å². The van der Waals surface area contributed by atoms with E-state index in [4.69, 9.17) is 0 Å². The molecule has 1 aromatic carbocycles. The maximum atomic E-state index is 14.5. The number of benzene rings is 1. The molecule has 0 radical (unpaired) electrons. The Kier molecular flexibility index (Phi) is 9.22. The predicted octanol–water partition coefficient (Wildman–Crippen LogP) is 6.10. The number of nitrogens with zero attached hydrogens (tertiary/aromatic N) is 3. The summed E-state index contributed by atoms with van der Waals surface area (Å²) in [5.41, 5.74) is 2.85. The highest BCUT2D eigenvalue weighted by Crippen LogP contribution is 2.24. The number of halogens is 1. The van der Waals surface area contributed by atoms with Crippen LogP contribution in [-0.2, 0) is 4.79 Å². The van der Waals surface area contributed by atoms with Gasteiger partial charge in [-0.3, -0.25) is 4.79 Å². The van der Waals surface area contributed by atoms with Crippen molar-refractivity contribution in [2.75, 3.05) is 13.6 Å². The van der Waals surface area contributed by atoms with Gasteiger partial charge in [0.25, 0.3) is 5.91 Å². The van der Waals surface area contributed by atoms with Gasteiger partial charge in [0, 0.05) is 30.9 Å². The molecule has 1 aliphatic rings. The number of likely N-dealkylation sites (tertiary alicyclic amines) is 1. The third kappa shape index (κ3) is 6.65. The van der Waals surface area contributed by atoms with Gasteiger partial charge in [-0.15, -0.1) is 0 Å². The molecular weight excluding hydrogens is 389 g/mol. The van der Waals surface area contributed by atoms with E-state index in [1.807, 2.05) is 42.8 Å². The van der Waals surface area contributed by atoms with E-state index in [-0.39, 0.29) is 17.8 Å². The van der Waals surface area contributed by atoms with E-state index in [0.717, 1.165) is 49.9 Å². The number of aryl methyl sites for hydroxylation is 1. The normalized spacial score (nSPS) is 18.3. The van der Waals surface area contributed by atoms with Gasteiger partial charge in [-0.1, -0.05) is 44.6 Å². The van der Waals surface area contributed by atoms with Crippen molar-refractivity contribution in [1.82, 2.24) is 9.80 Å². The molecule has 1 fully saturated rings. The van der Waals surface area contributed by atoms with Gasteiger partial charge in [0.2, 0.25) is 0 Å². The molecule has 0 aromatic heterocycles. The van der Waals surface area contributed by atoms with Gasteiger partial charge in [-0.05, 0) is 63.3 Å². The number of amides is 1. The fraction of sp³-hybridized carbons (Fsp3) is 0.462. The first kappa shape index (κ1) is 24.6. The minimum atomic E-state index is -0.316. The molecule has 1 aliphatic heterocycles. The lowest BCUT2D eigenvalue weighted by molar-refractivity contribution is -0.125. The lowest BCUT2D eigenvalue weighted by Gasteiger charge is -2.26. The Balaban J connectivity index is 2.35. The molecule has 1 atom stereocenters. The summed E-state index contributed by atoms with van der Waals surface area (Å²) in [4.78, 5) is 21.2. The second kappa shape index (κ2) is 11.6. The summed E-state index contributed by atoms with van der Waals surface area (Å²) in [6.07, 6.45) is 10.3. The Hall–Kier alpha value is -2.69. The van der Waals surface area contributed by atoms with E-state index in [9.17, 15) is 9.18 Å². The number of allylic oxidation sites excluding steroid dienone is 4. The zero-order valence-electron chi connectivity index (χ0n) is 19.6. The minimum Gasteiger partial charge on any atom is -0.335 e. The number of hydrogen-bond acceptors (Lipinski definition) is 3. The Morgan fingerprint density at radius 2 is 2.10 bits per heavy atom. The van der Waals surface area contributed by atoms with E-state index >= 15 is 0 Å². The lowest BCUT2D eigenvalue weighted by atomic mass is 10.0. The summed E-state index contributed by atoms with van der Waals surface area (Å²) in [6.45, 7) is 12.8. The molecular formula is C26H36FN3O. The summed E-state index contributed by atoms with van der Waals surface area (Å²) in [5, 5.41) is 0. The highest BCUT2D eigenvalue weighted by molar-refractivity contribution is 6.26. The molecule has 31 heavy (non-hydrogen) atoms. The fourth-order valence-corrected chi connectivity index (χ4v) is 3.91. The van der Waals surface area contributed by atoms with Crippen molar-refractivity contribution in [2.24, 2.45) is 4.99 Å². The highest BCUT2D eigenvalue weighted by atomic mass is 19.1. The van der Waals surface area contributed by atoms with Crippen LogP contribution in [0.1, 0.15) is 64.0 Å². The van der Waals surface area contributed by atoms with Crippen molar-refractivity contribution >= 4 is 17.7 Å². The summed E-state index contributed by atoms with van der Waals surface area (Å²) in [7, 11) is 1.90. The average molecular weight is 426 g/mol.